The smallest absolute Gasteiger partial charge is 0.330 e. The second-order valence-corrected chi connectivity index (χ2v) is 6.96. The fourth-order valence-corrected chi connectivity index (χ4v) is 2.15. The summed E-state index contributed by atoms with van der Waals surface area (Å²) in [6.07, 6.45) is 11.1. The molecule has 0 aliphatic carbocycles. The number of allylic oxidation sites excluding steroid dienone is 3. The number of carbonyl (C=O) groups excluding carboxylic acids is 1. The highest BCUT2D eigenvalue weighted by Crippen LogP contribution is 2.27. The van der Waals surface area contributed by atoms with Crippen molar-refractivity contribution in [2.75, 3.05) is 6.61 Å². The van der Waals surface area contributed by atoms with E-state index in [0.29, 0.717) is 12.5 Å². The maximum Gasteiger partial charge on any atom is 0.330 e. The van der Waals surface area contributed by atoms with Crippen LogP contribution in [0.1, 0.15) is 66.7 Å². The Morgan fingerprint density at radius 2 is 2.05 bits per heavy atom. The molecule has 0 saturated heterocycles. The van der Waals surface area contributed by atoms with Crippen molar-refractivity contribution < 1.29 is 9.53 Å². The van der Waals surface area contributed by atoms with Gasteiger partial charge in [-0.3, -0.25) is 0 Å². The highest BCUT2D eigenvalue weighted by molar-refractivity contribution is 6.23. The zero-order chi connectivity index (χ0) is 16.3. The Balaban J connectivity index is 3.99. The molecule has 21 heavy (non-hydrogen) atoms. The Morgan fingerprint density at radius 1 is 1.38 bits per heavy atom. The zero-order valence-electron chi connectivity index (χ0n) is 14.2. The predicted molar refractivity (Wildman–Crippen MR) is 91.7 cm³/mol. The zero-order valence-corrected chi connectivity index (χ0v) is 15.0. The Kier molecular flexibility index (Phi) is 10.5. The van der Waals surface area contributed by atoms with Gasteiger partial charge in [0.25, 0.3) is 0 Å². The van der Waals surface area contributed by atoms with Gasteiger partial charge in [-0.25, -0.2) is 4.79 Å². The minimum Gasteiger partial charge on any atom is -0.463 e. The van der Waals surface area contributed by atoms with Crippen LogP contribution in [-0.2, 0) is 9.53 Å². The maximum atomic E-state index is 11.3. The van der Waals surface area contributed by atoms with E-state index in [2.05, 4.69) is 26.8 Å². The molecule has 0 aromatic heterocycles. The van der Waals surface area contributed by atoms with Crippen LogP contribution in [0, 0.1) is 5.92 Å². The van der Waals surface area contributed by atoms with Crippen molar-refractivity contribution >= 4 is 17.6 Å². The van der Waals surface area contributed by atoms with Gasteiger partial charge in [-0.05, 0) is 51.5 Å². The van der Waals surface area contributed by atoms with Gasteiger partial charge in [0.1, 0.15) is 0 Å². The van der Waals surface area contributed by atoms with Crippen molar-refractivity contribution in [3.05, 3.63) is 23.8 Å². The average Bonchev–Trinajstić information content (AvgIpc) is 2.38. The molecule has 0 aromatic carbocycles. The summed E-state index contributed by atoms with van der Waals surface area (Å²) in [4.78, 5) is 11.2. The molecule has 3 heteroatoms. The van der Waals surface area contributed by atoms with Crippen molar-refractivity contribution in [1.82, 2.24) is 0 Å². The lowest BCUT2D eigenvalue weighted by Gasteiger charge is -2.20. The van der Waals surface area contributed by atoms with Gasteiger partial charge in [0.15, 0.2) is 0 Å². The number of carbonyl (C=O) groups is 1. The van der Waals surface area contributed by atoms with Crippen LogP contribution in [0.25, 0.3) is 0 Å². The first-order chi connectivity index (χ1) is 9.80. The molecule has 0 radical (unpaired) electrons. The first-order valence-electron chi connectivity index (χ1n) is 8.01. The Bertz CT molecular complexity index is 356. The number of rotatable bonds is 10. The van der Waals surface area contributed by atoms with E-state index >= 15 is 0 Å². The maximum absolute atomic E-state index is 11.3. The average molecular weight is 315 g/mol. The van der Waals surface area contributed by atoms with E-state index in [1.807, 2.05) is 19.9 Å². The van der Waals surface area contributed by atoms with Crippen molar-refractivity contribution in [2.24, 2.45) is 5.92 Å². The van der Waals surface area contributed by atoms with Gasteiger partial charge in [0.2, 0.25) is 0 Å². The van der Waals surface area contributed by atoms with E-state index in [0.717, 1.165) is 24.8 Å². The molecule has 0 saturated carbocycles. The summed E-state index contributed by atoms with van der Waals surface area (Å²) >= 11 is 6.36. The molecule has 0 fully saturated rings. The van der Waals surface area contributed by atoms with Crippen LogP contribution in [0.3, 0.4) is 0 Å². The van der Waals surface area contributed by atoms with E-state index in [1.54, 1.807) is 0 Å². The van der Waals surface area contributed by atoms with Gasteiger partial charge >= 0.3 is 5.97 Å². The van der Waals surface area contributed by atoms with E-state index in [4.69, 9.17) is 16.3 Å². The summed E-state index contributed by atoms with van der Waals surface area (Å²) in [6.45, 7) is 10.6. The van der Waals surface area contributed by atoms with Crippen molar-refractivity contribution in [3.63, 3.8) is 0 Å². The summed E-state index contributed by atoms with van der Waals surface area (Å²) in [5, 5.41) is 0. The molecule has 0 spiro atoms. The second kappa shape index (κ2) is 10.9. The van der Waals surface area contributed by atoms with Crippen molar-refractivity contribution in [1.29, 1.82) is 0 Å². The van der Waals surface area contributed by atoms with Crippen LogP contribution in [0.5, 0.6) is 0 Å². The number of esters is 1. The molecular weight excluding hydrogens is 284 g/mol. The third kappa shape index (κ3) is 11.6. The van der Waals surface area contributed by atoms with Crippen LogP contribution >= 0.6 is 11.6 Å². The molecule has 0 rings (SSSR count). The standard InChI is InChI=1S/C18H31ClO2/c1-6-18(5,19)13-9-12-15(3)10-8-11-16(4)14-17(20)21-7-2/h8,11,14-15H,6-7,9-10,12-13H2,1-5H3/b11-8+,16-14+. The third-order valence-electron chi connectivity index (χ3n) is 3.68. The van der Waals surface area contributed by atoms with E-state index in [9.17, 15) is 4.79 Å². The van der Waals surface area contributed by atoms with Crippen LogP contribution in [0.2, 0.25) is 0 Å². The van der Waals surface area contributed by atoms with E-state index in [-0.39, 0.29) is 10.8 Å². The summed E-state index contributed by atoms with van der Waals surface area (Å²) in [6, 6.07) is 0. The lowest BCUT2D eigenvalue weighted by Crippen LogP contribution is -2.14. The van der Waals surface area contributed by atoms with Crippen LogP contribution in [-0.4, -0.2) is 17.5 Å². The Hall–Kier alpha value is -0.760. The number of ether oxygens (including phenoxy) is 1. The minimum absolute atomic E-state index is 0.0471. The molecule has 0 aromatic rings. The number of hydrogen-bond donors (Lipinski definition) is 0. The van der Waals surface area contributed by atoms with Crippen LogP contribution in [0.15, 0.2) is 23.8 Å². The second-order valence-electron chi connectivity index (χ2n) is 6.04. The molecule has 2 atom stereocenters. The van der Waals surface area contributed by atoms with E-state index < -0.39 is 0 Å². The quantitative estimate of drug-likeness (QED) is 0.225. The van der Waals surface area contributed by atoms with Gasteiger partial charge in [-0.1, -0.05) is 38.8 Å². The normalized spacial score (nSPS) is 16.8. The highest BCUT2D eigenvalue weighted by atomic mass is 35.5. The van der Waals surface area contributed by atoms with Crippen molar-refractivity contribution in [2.45, 2.75) is 71.6 Å². The SMILES string of the molecule is CCOC(=O)/C=C(C)/C=C/CC(C)CCCC(C)(Cl)CC. The van der Waals surface area contributed by atoms with Gasteiger partial charge in [-0.2, -0.15) is 0 Å². The molecule has 2 unspecified atom stereocenters. The number of halogens is 1. The number of hydrogen-bond acceptors (Lipinski definition) is 2. The molecule has 122 valence electrons. The van der Waals surface area contributed by atoms with Gasteiger partial charge in [0.05, 0.1) is 6.61 Å². The first-order valence-corrected chi connectivity index (χ1v) is 8.39. The fraction of sp³-hybridized carbons (Fsp3) is 0.722. The molecule has 0 aliphatic rings. The predicted octanol–water partition coefficient (Wildman–Crippen LogP) is 5.66. The molecule has 2 nitrogen and oxygen atoms in total. The molecule has 0 heterocycles. The minimum atomic E-state index is -0.270. The van der Waals surface area contributed by atoms with E-state index in [1.165, 1.54) is 18.9 Å². The van der Waals surface area contributed by atoms with Gasteiger partial charge in [0, 0.05) is 11.0 Å². The Morgan fingerprint density at radius 3 is 2.62 bits per heavy atom. The van der Waals surface area contributed by atoms with Gasteiger partial charge < -0.3 is 4.74 Å². The Labute approximate surface area is 135 Å². The summed E-state index contributed by atoms with van der Waals surface area (Å²) in [5.41, 5.74) is 0.931. The lowest BCUT2D eigenvalue weighted by atomic mass is 9.94. The van der Waals surface area contributed by atoms with Crippen molar-refractivity contribution in [3.8, 4) is 0 Å². The third-order valence-corrected chi connectivity index (χ3v) is 4.14. The monoisotopic (exact) mass is 314 g/mol. The summed E-state index contributed by atoms with van der Waals surface area (Å²) in [5.74, 6) is 0.370. The molecule has 0 amide bonds. The van der Waals surface area contributed by atoms with Gasteiger partial charge in [-0.15, -0.1) is 11.6 Å². The largest absolute Gasteiger partial charge is 0.463 e. The lowest BCUT2D eigenvalue weighted by molar-refractivity contribution is -0.137. The van der Waals surface area contributed by atoms with Crippen LogP contribution in [0.4, 0.5) is 0 Å². The number of alkyl halides is 1. The molecule has 0 aliphatic heterocycles. The first kappa shape index (κ1) is 20.2. The summed E-state index contributed by atoms with van der Waals surface area (Å²) in [7, 11) is 0. The highest BCUT2D eigenvalue weighted by Gasteiger charge is 2.17. The molecular formula is C18H31ClO2. The topological polar surface area (TPSA) is 26.3 Å². The molecule has 0 bridgehead atoms. The fourth-order valence-electron chi connectivity index (χ4n) is 2.02. The molecule has 0 N–H and O–H groups in total. The van der Waals surface area contributed by atoms with Crippen LogP contribution < -0.4 is 0 Å². The summed E-state index contributed by atoms with van der Waals surface area (Å²) < 4.78 is 4.87.